The van der Waals surface area contributed by atoms with E-state index < -0.39 is 0 Å². The van der Waals surface area contributed by atoms with Crippen LogP contribution in [0, 0.1) is 0 Å². The smallest absolute Gasteiger partial charge is 0.224 e. The van der Waals surface area contributed by atoms with Gasteiger partial charge in [-0.15, -0.1) is 0 Å². The van der Waals surface area contributed by atoms with Gasteiger partial charge in [0.1, 0.15) is 17.4 Å². The van der Waals surface area contributed by atoms with Gasteiger partial charge in [-0.1, -0.05) is 20.8 Å². The average Bonchev–Trinajstić information content (AvgIpc) is 2.28. The fourth-order valence-electron chi connectivity index (χ4n) is 1.36. The summed E-state index contributed by atoms with van der Waals surface area (Å²) in [4.78, 5) is 12.6. The second kappa shape index (κ2) is 4.60. The number of nitrogen functional groups attached to an aromatic ring is 1. The number of anilines is 1. The van der Waals surface area contributed by atoms with Crippen LogP contribution in [0.4, 0.5) is 5.82 Å². The average molecular weight is 244 g/mol. The predicted octanol–water partition coefficient (Wildman–Crippen LogP) is 2.54. The molecule has 2 N–H and O–H groups in total. The Morgan fingerprint density at radius 3 is 2.61 bits per heavy atom. The fraction of sp³-hybridized carbons (Fsp3) is 0.308. The monoisotopic (exact) mass is 244 g/mol. The lowest BCUT2D eigenvalue weighted by molar-refractivity contribution is 0.445. The third kappa shape index (κ3) is 2.94. The van der Waals surface area contributed by atoms with Crippen molar-refractivity contribution in [3.8, 4) is 11.6 Å². The highest BCUT2D eigenvalue weighted by Crippen LogP contribution is 2.24. The Balaban J connectivity index is 2.32. The number of hydrogen-bond acceptors (Lipinski definition) is 5. The quantitative estimate of drug-likeness (QED) is 0.878. The van der Waals surface area contributed by atoms with Crippen molar-refractivity contribution in [2.75, 3.05) is 5.73 Å². The molecule has 18 heavy (non-hydrogen) atoms. The van der Waals surface area contributed by atoms with E-state index in [-0.39, 0.29) is 5.41 Å². The third-order valence-electron chi connectivity index (χ3n) is 2.25. The third-order valence-corrected chi connectivity index (χ3v) is 2.25. The Labute approximate surface area is 106 Å². The molecule has 0 aliphatic heterocycles. The van der Waals surface area contributed by atoms with Crippen molar-refractivity contribution in [3.05, 3.63) is 36.4 Å². The molecule has 0 amide bonds. The fourth-order valence-corrected chi connectivity index (χ4v) is 1.36. The van der Waals surface area contributed by atoms with Gasteiger partial charge in [-0.25, -0.2) is 4.98 Å². The first-order valence-corrected chi connectivity index (χ1v) is 5.68. The molecular formula is C13H16N4O. The normalized spacial score (nSPS) is 11.3. The van der Waals surface area contributed by atoms with E-state index >= 15 is 0 Å². The summed E-state index contributed by atoms with van der Waals surface area (Å²) in [5, 5.41) is 0. The second-order valence-corrected chi connectivity index (χ2v) is 5.00. The summed E-state index contributed by atoms with van der Waals surface area (Å²) in [5.41, 5.74) is 5.58. The minimum absolute atomic E-state index is 0.178. The minimum Gasteiger partial charge on any atom is -0.437 e. The van der Waals surface area contributed by atoms with E-state index in [1.807, 2.05) is 26.8 Å². The molecule has 2 aromatic heterocycles. The molecule has 0 radical (unpaired) electrons. The molecule has 0 fully saturated rings. The van der Waals surface area contributed by atoms with E-state index in [0.29, 0.717) is 23.3 Å². The van der Waals surface area contributed by atoms with Gasteiger partial charge in [-0.2, -0.15) is 4.98 Å². The molecule has 0 aromatic carbocycles. The molecule has 5 heteroatoms. The predicted molar refractivity (Wildman–Crippen MR) is 69.5 cm³/mol. The lowest BCUT2D eigenvalue weighted by Crippen LogP contribution is -2.17. The van der Waals surface area contributed by atoms with Gasteiger partial charge in [0.25, 0.3) is 0 Å². The molecule has 5 nitrogen and oxygen atoms in total. The Kier molecular flexibility index (Phi) is 3.14. The molecule has 2 rings (SSSR count). The zero-order valence-electron chi connectivity index (χ0n) is 10.7. The van der Waals surface area contributed by atoms with Gasteiger partial charge in [0.15, 0.2) is 0 Å². The lowest BCUT2D eigenvalue weighted by atomic mass is 9.96. The Bertz CT molecular complexity index is 534. The Morgan fingerprint density at radius 2 is 2.00 bits per heavy atom. The first-order chi connectivity index (χ1) is 8.45. The first kappa shape index (κ1) is 12.3. The number of ether oxygens (including phenoxy) is 1. The molecule has 0 spiro atoms. The van der Waals surface area contributed by atoms with E-state index in [2.05, 4.69) is 15.0 Å². The lowest BCUT2D eigenvalue weighted by Gasteiger charge is -2.17. The van der Waals surface area contributed by atoms with Crippen molar-refractivity contribution in [3.63, 3.8) is 0 Å². The summed E-state index contributed by atoms with van der Waals surface area (Å²) in [6, 6.07) is 5.20. The number of aromatic nitrogens is 3. The van der Waals surface area contributed by atoms with Crippen LogP contribution >= 0.6 is 0 Å². The van der Waals surface area contributed by atoms with E-state index in [1.165, 1.54) is 0 Å². The van der Waals surface area contributed by atoms with Gasteiger partial charge >= 0.3 is 0 Å². The largest absolute Gasteiger partial charge is 0.437 e. The van der Waals surface area contributed by atoms with Crippen LogP contribution in [0.5, 0.6) is 11.6 Å². The number of hydrogen-bond donors (Lipinski definition) is 1. The first-order valence-electron chi connectivity index (χ1n) is 5.68. The summed E-state index contributed by atoms with van der Waals surface area (Å²) in [5.74, 6) is 2.10. The Hall–Kier alpha value is -2.17. The van der Waals surface area contributed by atoms with Gasteiger partial charge < -0.3 is 10.5 Å². The van der Waals surface area contributed by atoms with Gasteiger partial charge in [0.2, 0.25) is 5.88 Å². The molecule has 0 saturated carbocycles. The summed E-state index contributed by atoms with van der Waals surface area (Å²) in [6.45, 7) is 6.07. The molecule has 0 unspecified atom stereocenters. The zero-order valence-corrected chi connectivity index (χ0v) is 10.7. The van der Waals surface area contributed by atoms with Gasteiger partial charge in [-0.3, -0.25) is 4.98 Å². The molecule has 2 heterocycles. The summed E-state index contributed by atoms with van der Waals surface area (Å²) in [7, 11) is 0. The molecule has 0 saturated heterocycles. The number of rotatable bonds is 2. The van der Waals surface area contributed by atoms with Crippen molar-refractivity contribution in [2.45, 2.75) is 26.2 Å². The van der Waals surface area contributed by atoms with Gasteiger partial charge in [0.05, 0.1) is 6.20 Å². The molecular weight excluding hydrogens is 228 g/mol. The number of nitrogens with zero attached hydrogens (tertiary/aromatic N) is 3. The molecule has 94 valence electrons. The molecule has 2 aromatic rings. The molecule has 0 aliphatic carbocycles. The van der Waals surface area contributed by atoms with Crippen LogP contribution in [0.3, 0.4) is 0 Å². The highest BCUT2D eigenvalue weighted by atomic mass is 16.5. The van der Waals surface area contributed by atoms with Gasteiger partial charge in [-0.05, 0) is 12.1 Å². The summed E-state index contributed by atoms with van der Waals surface area (Å²) in [6.07, 6.45) is 3.30. The SMILES string of the molecule is CC(C)(C)c1nc(N)cc(Oc2cccnc2)n1. The van der Waals surface area contributed by atoms with E-state index in [9.17, 15) is 0 Å². The second-order valence-electron chi connectivity index (χ2n) is 5.00. The maximum atomic E-state index is 5.76. The van der Waals surface area contributed by atoms with Crippen molar-refractivity contribution in [2.24, 2.45) is 0 Å². The van der Waals surface area contributed by atoms with Crippen LogP contribution in [0.25, 0.3) is 0 Å². The molecule has 0 aliphatic rings. The van der Waals surface area contributed by atoms with Crippen molar-refractivity contribution >= 4 is 5.82 Å². The van der Waals surface area contributed by atoms with Crippen molar-refractivity contribution < 1.29 is 4.74 Å². The topological polar surface area (TPSA) is 73.9 Å². The van der Waals surface area contributed by atoms with Crippen molar-refractivity contribution in [1.29, 1.82) is 0 Å². The molecule has 0 bridgehead atoms. The van der Waals surface area contributed by atoms with Crippen LogP contribution in [0.1, 0.15) is 26.6 Å². The summed E-state index contributed by atoms with van der Waals surface area (Å²) >= 11 is 0. The van der Waals surface area contributed by atoms with Crippen LogP contribution in [-0.2, 0) is 5.41 Å². The van der Waals surface area contributed by atoms with E-state index in [1.54, 1.807) is 24.5 Å². The minimum atomic E-state index is -0.178. The maximum Gasteiger partial charge on any atom is 0.224 e. The molecule has 0 atom stereocenters. The standard InChI is InChI=1S/C13H16N4O/c1-13(2,3)12-16-10(14)7-11(17-12)18-9-5-4-6-15-8-9/h4-8H,1-3H3,(H2,14,16,17). The highest BCUT2D eigenvalue weighted by Gasteiger charge is 2.19. The van der Waals surface area contributed by atoms with Crippen molar-refractivity contribution in [1.82, 2.24) is 15.0 Å². The van der Waals surface area contributed by atoms with Crippen LogP contribution < -0.4 is 10.5 Å². The number of pyridine rings is 1. The van der Waals surface area contributed by atoms with Gasteiger partial charge in [0, 0.05) is 17.7 Å². The van der Waals surface area contributed by atoms with Crippen LogP contribution in [0.15, 0.2) is 30.6 Å². The highest BCUT2D eigenvalue weighted by molar-refractivity contribution is 5.36. The zero-order chi connectivity index (χ0) is 13.2. The Morgan fingerprint density at radius 1 is 1.22 bits per heavy atom. The number of nitrogens with two attached hydrogens (primary N) is 1. The summed E-state index contributed by atoms with van der Waals surface area (Å²) < 4.78 is 5.60. The van der Waals surface area contributed by atoms with Crippen LogP contribution in [0.2, 0.25) is 0 Å². The maximum absolute atomic E-state index is 5.76. The van der Waals surface area contributed by atoms with E-state index in [0.717, 1.165) is 0 Å². The van der Waals surface area contributed by atoms with Crippen LogP contribution in [-0.4, -0.2) is 15.0 Å². The van der Waals surface area contributed by atoms with E-state index in [4.69, 9.17) is 10.5 Å².